The Morgan fingerprint density at radius 2 is 1.47 bits per heavy atom. The van der Waals surface area contributed by atoms with Gasteiger partial charge >= 0.3 is 0 Å². The molecule has 0 saturated carbocycles. The Morgan fingerprint density at radius 1 is 0.853 bits per heavy atom. The predicted octanol–water partition coefficient (Wildman–Crippen LogP) is 4.46. The fourth-order valence-electron chi connectivity index (χ4n) is 4.03. The van der Waals surface area contributed by atoms with Gasteiger partial charge in [-0.25, -0.2) is 14.1 Å². The molecule has 0 bridgehead atoms. The van der Waals surface area contributed by atoms with E-state index >= 15 is 0 Å². The first-order valence-electron chi connectivity index (χ1n) is 10.8. The summed E-state index contributed by atoms with van der Waals surface area (Å²) in [7, 11) is 1.78. The molecule has 0 saturated heterocycles. The molecule has 0 fully saturated rings. The van der Waals surface area contributed by atoms with Crippen molar-refractivity contribution in [3.05, 3.63) is 124 Å². The summed E-state index contributed by atoms with van der Waals surface area (Å²) in [5.74, 6) is -0.421. The van der Waals surface area contributed by atoms with Gasteiger partial charge in [0.1, 0.15) is 23.0 Å². The number of benzene rings is 3. The molecule has 0 N–H and O–H groups in total. The molecule has 0 radical (unpaired) electrons. The number of amides is 1. The van der Waals surface area contributed by atoms with E-state index in [-0.39, 0.29) is 22.8 Å². The summed E-state index contributed by atoms with van der Waals surface area (Å²) in [6.45, 7) is 1.80. The zero-order valence-electron chi connectivity index (χ0n) is 18.6. The van der Waals surface area contributed by atoms with Crippen LogP contribution in [-0.2, 0) is 11.8 Å². The lowest BCUT2D eigenvalue weighted by Gasteiger charge is -2.17. The van der Waals surface area contributed by atoms with Crippen molar-refractivity contribution in [3.63, 3.8) is 0 Å². The molecule has 1 amide bonds. The average Bonchev–Trinajstić information content (AvgIpc) is 3.28. The lowest BCUT2D eigenvalue weighted by molar-refractivity contribution is -0.113. The van der Waals surface area contributed by atoms with E-state index in [2.05, 4.69) is 4.99 Å². The molecule has 7 heteroatoms. The molecule has 168 valence electrons. The Balaban J connectivity index is 1.69. The normalized spacial score (nSPS) is 14.7. The smallest absolute Gasteiger partial charge is 0.283 e. The summed E-state index contributed by atoms with van der Waals surface area (Å²) >= 11 is 0. The fourth-order valence-corrected chi connectivity index (χ4v) is 4.03. The lowest BCUT2D eigenvalue weighted by atomic mass is 10.1. The van der Waals surface area contributed by atoms with Crippen LogP contribution in [0.4, 0.5) is 10.1 Å². The van der Waals surface area contributed by atoms with Crippen LogP contribution in [0.2, 0.25) is 0 Å². The number of amidine groups is 1. The SMILES string of the molecule is Cc1c(N2C(=O)/C(=C\c3ccc(F)cc3)N=C2c2ccccc2)c(=O)n(-c2ccccc2)n1C. The summed E-state index contributed by atoms with van der Waals surface area (Å²) in [6, 6.07) is 24.3. The molecule has 0 spiro atoms. The molecule has 0 atom stereocenters. The van der Waals surface area contributed by atoms with E-state index in [1.807, 2.05) is 60.7 Å². The van der Waals surface area contributed by atoms with E-state index in [1.54, 1.807) is 36.9 Å². The Labute approximate surface area is 195 Å². The highest BCUT2D eigenvalue weighted by molar-refractivity contribution is 6.33. The third kappa shape index (κ3) is 3.57. The largest absolute Gasteiger partial charge is 0.296 e. The van der Waals surface area contributed by atoms with E-state index in [1.165, 1.54) is 21.7 Å². The van der Waals surface area contributed by atoms with E-state index in [4.69, 9.17) is 0 Å². The van der Waals surface area contributed by atoms with Crippen LogP contribution in [0.25, 0.3) is 11.8 Å². The number of hydrogen-bond donors (Lipinski definition) is 0. The van der Waals surface area contributed by atoms with E-state index < -0.39 is 5.91 Å². The van der Waals surface area contributed by atoms with Gasteiger partial charge in [0, 0.05) is 12.6 Å². The third-order valence-electron chi connectivity index (χ3n) is 5.81. The minimum atomic E-state index is -0.422. The number of hydrogen-bond acceptors (Lipinski definition) is 3. The molecule has 6 nitrogen and oxygen atoms in total. The van der Waals surface area contributed by atoms with Crippen molar-refractivity contribution in [2.24, 2.45) is 12.0 Å². The molecule has 1 aliphatic heterocycles. The summed E-state index contributed by atoms with van der Waals surface area (Å²) in [5.41, 5.74) is 2.72. The number of aliphatic imine (C=N–C) groups is 1. The van der Waals surface area contributed by atoms with Crippen molar-refractivity contribution in [1.29, 1.82) is 0 Å². The zero-order valence-corrected chi connectivity index (χ0v) is 18.6. The minimum absolute atomic E-state index is 0.166. The molecule has 1 aliphatic rings. The van der Waals surface area contributed by atoms with Crippen molar-refractivity contribution in [2.75, 3.05) is 4.90 Å². The second-order valence-corrected chi connectivity index (χ2v) is 7.93. The second kappa shape index (κ2) is 8.44. The Hall–Kier alpha value is -4.52. The highest BCUT2D eigenvalue weighted by atomic mass is 19.1. The van der Waals surface area contributed by atoms with Crippen molar-refractivity contribution in [2.45, 2.75) is 6.92 Å². The van der Waals surface area contributed by atoms with Gasteiger partial charge in [0.15, 0.2) is 0 Å². The van der Waals surface area contributed by atoms with Crippen LogP contribution in [0, 0.1) is 12.7 Å². The van der Waals surface area contributed by atoms with Crippen LogP contribution < -0.4 is 10.5 Å². The van der Waals surface area contributed by atoms with E-state index in [9.17, 15) is 14.0 Å². The Morgan fingerprint density at radius 3 is 2.12 bits per heavy atom. The van der Waals surface area contributed by atoms with E-state index in [0.717, 1.165) is 0 Å². The zero-order chi connectivity index (χ0) is 23.8. The van der Waals surface area contributed by atoms with Gasteiger partial charge in [-0.05, 0) is 42.8 Å². The standard InChI is InChI=1S/C27H21FN4O2/c1-18-24(27(34)32(30(18)2)22-11-7-4-8-12-22)31-25(20-9-5-3-6-10-20)29-23(26(31)33)17-19-13-15-21(28)16-14-19/h3-17H,1-2H3/b23-17+. The molecule has 5 rings (SSSR count). The first kappa shape index (κ1) is 21.3. The highest BCUT2D eigenvalue weighted by Crippen LogP contribution is 2.29. The number of rotatable bonds is 4. The fraction of sp³-hybridized carbons (Fsp3) is 0.0741. The van der Waals surface area contributed by atoms with Crippen LogP contribution in [0.3, 0.4) is 0 Å². The maximum Gasteiger partial charge on any atom is 0.296 e. The van der Waals surface area contributed by atoms with Gasteiger partial charge in [-0.2, -0.15) is 0 Å². The summed E-state index contributed by atoms with van der Waals surface area (Å²) in [4.78, 5) is 33.3. The van der Waals surface area contributed by atoms with Gasteiger partial charge in [-0.15, -0.1) is 0 Å². The number of anilines is 1. The molecular formula is C27H21FN4O2. The summed E-state index contributed by atoms with van der Waals surface area (Å²) < 4.78 is 16.6. The van der Waals surface area contributed by atoms with E-state index in [0.29, 0.717) is 28.3 Å². The minimum Gasteiger partial charge on any atom is -0.283 e. The summed E-state index contributed by atoms with van der Waals surface area (Å²) in [5, 5.41) is 0. The Kier molecular flexibility index (Phi) is 5.30. The van der Waals surface area contributed by atoms with Crippen molar-refractivity contribution < 1.29 is 9.18 Å². The van der Waals surface area contributed by atoms with Crippen LogP contribution >= 0.6 is 0 Å². The topological polar surface area (TPSA) is 59.6 Å². The monoisotopic (exact) mass is 452 g/mol. The number of halogens is 1. The van der Waals surface area contributed by atoms with Gasteiger partial charge in [0.2, 0.25) is 0 Å². The molecule has 0 unspecified atom stereocenters. The van der Waals surface area contributed by atoms with Crippen molar-refractivity contribution in [3.8, 4) is 5.69 Å². The molecule has 4 aromatic rings. The average molecular weight is 452 g/mol. The van der Waals surface area contributed by atoms with Crippen LogP contribution in [0.15, 0.2) is 100 Å². The maximum atomic E-state index is 13.7. The van der Waals surface area contributed by atoms with Crippen LogP contribution in [-0.4, -0.2) is 21.1 Å². The summed E-state index contributed by atoms with van der Waals surface area (Å²) in [6.07, 6.45) is 1.60. The Bertz CT molecular complexity index is 1500. The molecule has 0 aliphatic carbocycles. The molecular weight excluding hydrogens is 431 g/mol. The van der Waals surface area contributed by atoms with Gasteiger partial charge in [-0.3, -0.25) is 19.2 Å². The predicted molar refractivity (Wildman–Crippen MR) is 131 cm³/mol. The highest BCUT2D eigenvalue weighted by Gasteiger charge is 2.37. The first-order valence-corrected chi connectivity index (χ1v) is 10.8. The van der Waals surface area contributed by atoms with Gasteiger partial charge < -0.3 is 0 Å². The van der Waals surface area contributed by atoms with Crippen LogP contribution in [0.5, 0.6) is 0 Å². The number of carbonyl (C=O) groups is 1. The van der Waals surface area contributed by atoms with Gasteiger partial charge in [-0.1, -0.05) is 60.7 Å². The van der Waals surface area contributed by atoms with Gasteiger partial charge in [0.05, 0.1) is 11.4 Å². The number of para-hydroxylation sites is 1. The third-order valence-corrected chi connectivity index (χ3v) is 5.81. The molecule has 2 heterocycles. The quantitative estimate of drug-likeness (QED) is 0.430. The molecule has 3 aromatic carbocycles. The lowest BCUT2D eigenvalue weighted by Crippen LogP contribution is -2.36. The van der Waals surface area contributed by atoms with Crippen molar-refractivity contribution in [1.82, 2.24) is 9.36 Å². The molecule has 1 aromatic heterocycles. The van der Waals surface area contributed by atoms with Crippen LogP contribution in [0.1, 0.15) is 16.8 Å². The number of nitrogens with zero attached hydrogens (tertiary/aromatic N) is 4. The molecule has 34 heavy (non-hydrogen) atoms. The maximum absolute atomic E-state index is 13.7. The number of carbonyl (C=O) groups excluding carboxylic acids is 1. The van der Waals surface area contributed by atoms with Crippen molar-refractivity contribution >= 4 is 23.5 Å². The first-order chi connectivity index (χ1) is 16.5. The number of aromatic nitrogens is 2. The van der Waals surface area contributed by atoms with Gasteiger partial charge in [0.25, 0.3) is 11.5 Å². The second-order valence-electron chi connectivity index (χ2n) is 7.93.